The van der Waals surface area contributed by atoms with Crippen molar-refractivity contribution >= 4 is 0 Å². The molecule has 0 heterocycles. The summed E-state index contributed by atoms with van der Waals surface area (Å²) < 4.78 is 0. The topological polar surface area (TPSA) is 20.2 Å². The Labute approximate surface area is 124 Å². The van der Waals surface area contributed by atoms with Crippen molar-refractivity contribution in [3.63, 3.8) is 0 Å². The van der Waals surface area contributed by atoms with Gasteiger partial charge in [0.15, 0.2) is 0 Å². The van der Waals surface area contributed by atoms with Crippen molar-refractivity contribution in [3.05, 3.63) is 60.2 Å². The molecule has 0 aromatic heterocycles. The van der Waals surface area contributed by atoms with Crippen LogP contribution in [0.1, 0.15) is 45.1 Å². The minimum Gasteiger partial charge on any atom is -0.389 e. The number of hydrogen-bond acceptors (Lipinski definition) is 1. The van der Waals surface area contributed by atoms with Crippen molar-refractivity contribution in [1.82, 2.24) is 0 Å². The lowest BCUT2D eigenvalue weighted by molar-refractivity contribution is 0.223. The number of unbranched alkanes of at least 4 members (excludes halogenated alkanes) is 1. The summed E-state index contributed by atoms with van der Waals surface area (Å²) in [4.78, 5) is 0. The van der Waals surface area contributed by atoms with Gasteiger partial charge in [-0.15, -0.1) is 6.58 Å². The van der Waals surface area contributed by atoms with Gasteiger partial charge in [-0.2, -0.15) is 0 Å². The maximum atomic E-state index is 10.00. The first-order valence-corrected chi connectivity index (χ1v) is 7.62. The van der Waals surface area contributed by atoms with Gasteiger partial charge in [0.1, 0.15) is 0 Å². The van der Waals surface area contributed by atoms with Gasteiger partial charge in [-0.05, 0) is 37.7 Å². The molecule has 1 rings (SSSR count). The fraction of sp³-hybridized carbons (Fsp3) is 0.474. The summed E-state index contributed by atoms with van der Waals surface area (Å²) in [5, 5.41) is 10.00. The highest BCUT2D eigenvalue weighted by atomic mass is 16.3. The van der Waals surface area contributed by atoms with Crippen LogP contribution in [0.4, 0.5) is 0 Å². The summed E-state index contributed by atoms with van der Waals surface area (Å²) in [7, 11) is 0. The van der Waals surface area contributed by atoms with Crippen LogP contribution in [-0.4, -0.2) is 11.2 Å². The summed E-state index contributed by atoms with van der Waals surface area (Å²) in [6.45, 7) is 8.23. The summed E-state index contributed by atoms with van der Waals surface area (Å²) in [6, 6.07) is 10.1. The monoisotopic (exact) mass is 272 g/mol. The maximum absolute atomic E-state index is 10.00. The van der Waals surface area contributed by atoms with E-state index in [0.29, 0.717) is 12.3 Å². The van der Waals surface area contributed by atoms with Gasteiger partial charge in [0, 0.05) is 6.42 Å². The molecule has 0 aliphatic carbocycles. The van der Waals surface area contributed by atoms with Crippen molar-refractivity contribution in [2.24, 2.45) is 5.92 Å². The summed E-state index contributed by atoms with van der Waals surface area (Å²) in [5.74, 6) is 0.533. The molecule has 0 fully saturated rings. The zero-order valence-corrected chi connectivity index (χ0v) is 12.9. The van der Waals surface area contributed by atoms with Gasteiger partial charge in [0.2, 0.25) is 0 Å². The standard InChI is InChI=1S/C19H28O/c1-16(2)9-7-8-10-17(3)13-14-19(20)15-18-11-5-4-6-12-18/h4-6,11-14,17,19-20H,1,7-10,15H2,2-3H3/b14-13+/t17-,19?/m1/s1. The van der Waals surface area contributed by atoms with Crippen LogP contribution in [-0.2, 0) is 6.42 Å². The number of allylic oxidation sites excluding steroid dienone is 2. The zero-order valence-electron chi connectivity index (χ0n) is 12.9. The van der Waals surface area contributed by atoms with E-state index >= 15 is 0 Å². The Balaban J connectivity index is 2.23. The third-order valence-electron chi connectivity index (χ3n) is 3.46. The van der Waals surface area contributed by atoms with Crippen molar-refractivity contribution in [3.8, 4) is 0 Å². The number of aliphatic hydroxyl groups is 1. The molecule has 110 valence electrons. The third-order valence-corrected chi connectivity index (χ3v) is 3.46. The normalized spacial score (nSPS) is 14.3. The van der Waals surface area contributed by atoms with Gasteiger partial charge in [0.05, 0.1) is 6.10 Å². The first-order chi connectivity index (χ1) is 9.58. The van der Waals surface area contributed by atoms with E-state index in [9.17, 15) is 5.11 Å². The molecule has 0 aliphatic heterocycles. The third kappa shape index (κ3) is 7.96. The molecule has 0 spiro atoms. The van der Waals surface area contributed by atoms with Crippen LogP contribution in [0.25, 0.3) is 0 Å². The van der Waals surface area contributed by atoms with E-state index in [1.807, 2.05) is 24.3 Å². The first-order valence-electron chi connectivity index (χ1n) is 7.62. The lowest BCUT2D eigenvalue weighted by atomic mass is 10.00. The van der Waals surface area contributed by atoms with Crippen molar-refractivity contribution in [1.29, 1.82) is 0 Å². The predicted octanol–water partition coefficient (Wildman–Crippen LogP) is 4.92. The molecule has 2 atom stereocenters. The molecule has 1 heteroatoms. The van der Waals surface area contributed by atoms with E-state index in [0.717, 1.165) is 6.42 Å². The van der Waals surface area contributed by atoms with Gasteiger partial charge < -0.3 is 5.11 Å². The van der Waals surface area contributed by atoms with E-state index in [2.05, 4.69) is 38.6 Å². The fourth-order valence-corrected chi connectivity index (χ4v) is 2.23. The van der Waals surface area contributed by atoms with E-state index < -0.39 is 0 Å². The lowest BCUT2D eigenvalue weighted by Gasteiger charge is -2.09. The quantitative estimate of drug-likeness (QED) is 0.500. The average molecular weight is 272 g/mol. The average Bonchev–Trinajstić information content (AvgIpc) is 2.42. The molecule has 0 saturated heterocycles. The van der Waals surface area contributed by atoms with E-state index in [4.69, 9.17) is 0 Å². The Kier molecular flexibility index (Phi) is 7.98. The highest BCUT2D eigenvalue weighted by Gasteiger charge is 2.02. The van der Waals surface area contributed by atoms with Crippen LogP contribution in [0.15, 0.2) is 54.6 Å². The van der Waals surface area contributed by atoms with Crippen LogP contribution in [0.2, 0.25) is 0 Å². The molecule has 0 radical (unpaired) electrons. The summed E-state index contributed by atoms with van der Waals surface area (Å²) in [6.07, 6.45) is 9.17. The van der Waals surface area contributed by atoms with Crippen LogP contribution < -0.4 is 0 Å². The maximum Gasteiger partial charge on any atom is 0.0761 e. The molecule has 1 aromatic rings. The Morgan fingerprint density at radius 1 is 1.20 bits per heavy atom. The van der Waals surface area contributed by atoms with Gasteiger partial charge in [0.25, 0.3) is 0 Å². The van der Waals surface area contributed by atoms with Crippen molar-refractivity contribution in [2.45, 2.75) is 52.1 Å². The SMILES string of the molecule is C=C(C)CCCC[C@@H](C)/C=C/C(O)Cc1ccccc1. The van der Waals surface area contributed by atoms with E-state index in [1.54, 1.807) is 0 Å². The molecular formula is C19H28O. The number of hydrogen-bond donors (Lipinski definition) is 1. The first kappa shape index (κ1) is 16.7. The van der Waals surface area contributed by atoms with Crippen molar-refractivity contribution in [2.75, 3.05) is 0 Å². The molecule has 1 nitrogen and oxygen atoms in total. The molecule has 0 saturated carbocycles. The Morgan fingerprint density at radius 2 is 1.90 bits per heavy atom. The summed E-state index contributed by atoms with van der Waals surface area (Å²) >= 11 is 0. The molecule has 20 heavy (non-hydrogen) atoms. The van der Waals surface area contributed by atoms with E-state index in [1.165, 1.54) is 30.4 Å². The molecular weight excluding hydrogens is 244 g/mol. The van der Waals surface area contributed by atoms with Gasteiger partial charge in [-0.25, -0.2) is 0 Å². The van der Waals surface area contributed by atoms with E-state index in [-0.39, 0.29) is 6.10 Å². The second-order valence-electron chi connectivity index (χ2n) is 5.82. The van der Waals surface area contributed by atoms with Gasteiger partial charge >= 0.3 is 0 Å². The number of rotatable bonds is 9. The molecule has 1 aromatic carbocycles. The molecule has 1 unspecified atom stereocenters. The van der Waals surface area contributed by atoms with Gasteiger partial charge in [-0.3, -0.25) is 0 Å². The Hall–Kier alpha value is -1.34. The lowest BCUT2D eigenvalue weighted by Crippen LogP contribution is -2.07. The van der Waals surface area contributed by atoms with Crippen LogP contribution >= 0.6 is 0 Å². The smallest absolute Gasteiger partial charge is 0.0761 e. The number of benzene rings is 1. The second kappa shape index (κ2) is 9.55. The van der Waals surface area contributed by atoms with Crippen LogP contribution in [0.3, 0.4) is 0 Å². The summed E-state index contributed by atoms with van der Waals surface area (Å²) in [5.41, 5.74) is 2.45. The zero-order chi connectivity index (χ0) is 14.8. The molecule has 0 aliphatic rings. The van der Waals surface area contributed by atoms with Crippen LogP contribution in [0.5, 0.6) is 0 Å². The largest absolute Gasteiger partial charge is 0.389 e. The molecule has 1 N–H and O–H groups in total. The number of aliphatic hydroxyl groups excluding tert-OH is 1. The fourth-order valence-electron chi connectivity index (χ4n) is 2.23. The van der Waals surface area contributed by atoms with Crippen LogP contribution in [0, 0.1) is 5.92 Å². The second-order valence-corrected chi connectivity index (χ2v) is 5.82. The highest BCUT2D eigenvalue weighted by molar-refractivity contribution is 5.16. The minimum absolute atomic E-state index is 0.379. The molecule has 0 amide bonds. The predicted molar refractivity (Wildman–Crippen MR) is 87.7 cm³/mol. The highest BCUT2D eigenvalue weighted by Crippen LogP contribution is 2.13. The minimum atomic E-state index is -0.379. The Morgan fingerprint density at radius 3 is 2.55 bits per heavy atom. The Bertz CT molecular complexity index is 405. The van der Waals surface area contributed by atoms with Gasteiger partial charge in [-0.1, -0.05) is 61.4 Å². The molecule has 0 bridgehead atoms. The van der Waals surface area contributed by atoms with Crippen molar-refractivity contribution < 1.29 is 5.11 Å².